The van der Waals surface area contributed by atoms with Crippen LogP contribution in [0.1, 0.15) is 5.56 Å². The molecule has 0 unspecified atom stereocenters. The molecule has 3 aromatic carbocycles. The van der Waals surface area contributed by atoms with E-state index in [0.717, 1.165) is 25.9 Å². The number of nitrogens with zero attached hydrogens (tertiary/aromatic N) is 2. The molecule has 5 heteroatoms. The molecule has 4 aromatic rings. The molecule has 1 aromatic heterocycles. The maximum Gasteiger partial charge on any atom is 0.147 e. The zero-order valence-electron chi connectivity index (χ0n) is 12.3. The van der Waals surface area contributed by atoms with Gasteiger partial charge < -0.3 is 0 Å². The van der Waals surface area contributed by atoms with Gasteiger partial charge in [-0.2, -0.15) is 5.26 Å². The predicted octanol–water partition coefficient (Wildman–Crippen LogP) is 6.55. The van der Waals surface area contributed by atoms with Gasteiger partial charge in [0.1, 0.15) is 11.9 Å². The van der Waals surface area contributed by atoms with Crippen LogP contribution in [0.5, 0.6) is 0 Å². The van der Waals surface area contributed by atoms with Crippen LogP contribution < -0.4 is 3.11 Å². The van der Waals surface area contributed by atoms with Gasteiger partial charge in [0.2, 0.25) is 0 Å². The van der Waals surface area contributed by atoms with Gasteiger partial charge in [0.25, 0.3) is 0 Å². The number of para-hydroxylation sites is 1. The maximum absolute atomic E-state index is 14.2. The van der Waals surface area contributed by atoms with Crippen molar-refractivity contribution in [2.24, 2.45) is 0 Å². The van der Waals surface area contributed by atoms with Crippen molar-refractivity contribution < 1.29 is 4.39 Å². The lowest BCUT2D eigenvalue weighted by Crippen LogP contribution is -2.02. The summed E-state index contributed by atoms with van der Waals surface area (Å²) in [5.74, 6) is -0.261. The minimum absolute atomic E-state index is 0.261. The smallest absolute Gasteiger partial charge is 0.147 e. The minimum Gasteiger partial charge on any atom is -0.279 e. The number of rotatable bonds is 2. The van der Waals surface area contributed by atoms with Gasteiger partial charge in [-0.25, -0.2) is 4.39 Å². The monoisotopic (exact) mass is 444 g/mol. The van der Waals surface area contributed by atoms with Crippen LogP contribution in [0.3, 0.4) is 0 Å². The molecule has 0 N–H and O–H groups in total. The highest BCUT2D eigenvalue weighted by atomic mass is 127. The molecular formula is C19H10FIN2S. The van der Waals surface area contributed by atoms with E-state index in [-0.39, 0.29) is 5.82 Å². The lowest BCUT2D eigenvalue weighted by Gasteiger charge is -2.18. The Hall–Kier alpha value is -2.17. The van der Waals surface area contributed by atoms with Crippen molar-refractivity contribution in [3.05, 3.63) is 72.0 Å². The molecule has 0 fully saturated rings. The molecule has 116 valence electrons. The maximum atomic E-state index is 14.2. The third kappa shape index (κ3) is 2.34. The van der Waals surface area contributed by atoms with E-state index in [9.17, 15) is 9.65 Å². The Kier molecular flexibility index (Phi) is 3.87. The van der Waals surface area contributed by atoms with E-state index in [0.29, 0.717) is 11.3 Å². The van der Waals surface area contributed by atoms with E-state index in [1.54, 1.807) is 23.5 Å². The van der Waals surface area contributed by atoms with Crippen LogP contribution in [0, 0.1) is 17.1 Å². The molecule has 0 aliphatic heterocycles. The summed E-state index contributed by atoms with van der Waals surface area (Å²) in [4.78, 5) is 0. The van der Waals surface area contributed by atoms with Gasteiger partial charge in [-0.1, -0.05) is 36.4 Å². The molecule has 0 spiro atoms. The van der Waals surface area contributed by atoms with Gasteiger partial charge in [-0.3, -0.25) is 3.11 Å². The fourth-order valence-corrected chi connectivity index (χ4v) is 5.01. The molecule has 4 rings (SSSR count). The van der Waals surface area contributed by atoms with E-state index in [1.807, 2.05) is 45.6 Å². The van der Waals surface area contributed by atoms with Crippen molar-refractivity contribution in [3.8, 4) is 6.07 Å². The number of fused-ring (bicyclic) bond motifs is 3. The van der Waals surface area contributed by atoms with E-state index >= 15 is 0 Å². The van der Waals surface area contributed by atoms with Gasteiger partial charge in [0, 0.05) is 10.8 Å². The number of benzene rings is 3. The molecule has 2 nitrogen and oxygen atoms in total. The molecule has 0 atom stereocenters. The first-order valence-electron chi connectivity index (χ1n) is 7.25. The number of thiophene rings is 1. The van der Waals surface area contributed by atoms with Crippen LogP contribution >= 0.6 is 34.2 Å². The average Bonchev–Trinajstić information content (AvgIpc) is 3.00. The fourth-order valence-electron chi connectivity index (χ4n) is 2.79. The Balaban J connectivity index is 2.00. The molecule has 0 aliphatic carbocycles. The van der Waals surface area contributed by atoms with E-state index < -0.39 is 0 Å². The molecule has 0 saturated carbocycles. The number of nitriles is 1. The first-order chi connectivity index (χ1) is 11.7. The lowest BCUT2D eigenvalue weighted by atomic mass is 10.1. The molecule has 0 amide bonds. The van der Waals surface area contributed by atoms with Gasteiger partial charge in [-0.15, -0.1) is 11.3 Å². The zero-order valence-corrected chi connectivity index (χ0v) is 15.3. The van der Waals surface area contributed by atoms with Gasteiger partial charge >= 0.3 is 0 Å². The van der Waals surface area contributed by atoms with Crippen LogP contribution in [0.4, 0.5) is 15.8 Å². The molecule has 0 saturated heterocycles. The van der Waals surface area contributed by atoms with Crippen LogP contribution in [-0.4, -0.2) is 0 Å². The molecule has 24 heavy (non-hydrogen) atoms. The third-order valence-corrected chi connectivity index (χ3v) is 6.22. The Labute approximate surface area is 156 Å². The number of halogens is 2. The molecule has 0 radical (unpaired) electrons. The topological polar surface area (TPSA) is 27.0 Å². The van der Waals surface area contributed by atoms with Crippen LogP contribution in [-0.2, 0) is 0 Å². The minimum atomic E-state index is -0.261. The summed E-state index contributed by atoms with van der Waals surface area (Å²) >= 11 is 3.70. The number of anilines is 2. The summed E-state index contributed by atoms with van der Waals surface area (Å²) < 4.78 is 18.0. The summed E-state index contributed by atoms with van der Waals surface area (Å²) in [6, 6.07) is 20.7. The first-order valence-corrected chi connectivity index (χ1v) is 9.03. The summed E-state index contributed by atoms with van der Waals surface area (Å²) in [5.41, 5.74) is 2.11. The Morgan fingerprint density at radius 2 is 1.54 bits per heavy atom. The SMILES string of the molecule is N#Cc1cccc2c1sc1c(N(I)c3ccccc3F)cccc12. The van der Waals surface area contributed by atoms with Crippen molar-refractivity contribution in [1.82, 2.24) is 0 Å². The highest BCUT2D eigenvalue weighted by Crippen LogP contribution is 2.44. The zero-order chi connectivity index (χ0) is 16.7. The third-order valence-electron chi connectivity index (χ3n) is 3.90. The van der Waals surface area contributed by atoms with Crippen LogP contribution in [0.15, 0.2) is 60.7 Å². The Bertz CT molecular complexity index is 1110. The normalized spacial score (nSPS) is 10.9. The van der Waals surface area contributed by atoms with E-state index in [2.05, 4.69) is 28.9 Å². The van der Waals surface area contributed by atoms with Gasteiger partial charge in [-0.05, 0) is 24.3 Å². The largest absolute Gasteiger partial charge is 0.279 e. The molecule has 0 aliphatic rings. The number of hydrogen-bond acceptors (Lipinski definition) is 3. The average molecular weight is 444 g/mol. The van der Waals surface area contributed by atoms with Crippen molar-refractivity contribution in [2.45, 2.75) is 0 Å². The van der Waals surface area contributed by atoms with Crippen molar-refractivity contribution >= 4 is 65.7 Å². The van der Waals surface area contributed by atoms with Crippen LogP contribution in [0.25, 0.3) is 20.2 Å². The number of hydrogen-bond donors (Lipinski definition) is 0. The fraction of sp³-hybridized carbons (Fsp3) is 0. The summed E-state index contributed by atoms with van der Waals surface area (Å²) in [7, 11) is 0. The molecular weight excluding hydrogens is 434 g/mol. The summed E-state index contributed by atoms with van der Waals surface area (Å²) in [6.45, 7) is 0. The predicted molar refractivity (Wildman–Crippen MR) is 107 cm³/mol. The van der Waals surface area contributed by atoms with Crippen LogP contribution in [0.2, 0.25) is 0 Å². The Morgan fingerprint density at radius 3 is 2.29 bits per heavy atom. The quantitative estimate of drug-likeness (QED) is 0.259. The van der Waals surface area contributed by atoms with E-state index in [1.165, 1.54) is 6.07 Å². The van der Waals surface area contributed by atoms with Crippen molar-refractivity contribution in [3.63, 3.8) is 0 Å². The highest BCUT2D eigenvalue weighted by molar-refractivity contribution is 14.1. The standard InChI is InChI=1S/C19H10FIN2S/c20-15-8-1-2-9-16(15)23(21)17-10-4-7-14-13-6-3-5-12(11-22)18(13)24-19(14)17/h1-10H. The summed E-state index contributed by atoms with van der Waals surface area (Å²) in [6.07, 6.45) is 0. The van der Waals surface area contributed by atoms with Crippen molar-refractivity contribution in [2.75, 3.05) is 3.11 Å². The first kappa shape index (κ1) is 15.4. The van der Waals surface area contributed by atoms with Gasteiger partial charge in [0.15, 0.2) is 0 Å². The second-order valence-corrected chi connectivity index (χ2v) is 7.27. The molecule has 1 heterocycles. The van der Waals surface area contributed by atoms with E-state index in [4.69, 9.17) is 0 Å². The van der Waals surface area contributed by atoms with Crippen molar-refractivity contribution in [1.29, 1.82) is 5.26 Å². The lowest BCUT2D eigenvalue weighted by molar-refractivity contribution is 0.631. The van der Waals surface area contributed by atoms with Gasteiger partial charge in [0.05, 0.1) is 49.2 Å². The Morgan fingerprint density at radius 1 is 0.875 bits per heavy atom. The second-order valence-electron chi connectivity index (χ2n) is 5.28. The highest BCUT2D eigenvalue weighted by Gasteiger charge is 2.17. The molecule has 0 bridgehead atoms. The second kappa shape index (κ2) is 6.04. The summed E-state index contributed by atoms with van der Waals surface area (Å²) in [5, 5.41) is 11.5.